The fraction of sp³-hybridized carbons (Fsp3) is 0.435. The number of para-hydroxylation sites is 1. The molecule has 2 aromatic rings. The summed E-state index contributed by atoms with van der Waals surface area (Å²) in [6, 6.07) is 19.2. The Hall–Kier alpha value is -2.18. The number of hydrogen-bond donors (Lipinski definition) is 1. The monoisotopic (exact) mass is 410 g/mol. The molecule has 2 aromatic carbocycles. The van der Waals surface area contributed by atoms with E-state index in [-0.39, 0.29) is 6.03 Å². The second kappa shape index (κ2) is 9.55. The third kappa shape index (κ3) is 5.06. The van der Waals surface area contributed by atoms with Gasteiger partial charge in [0.1, 0.15) is 0 Å². The van der Waals surface area contributed by atoms with Crippen LogP contribution in [0.2, 0.25) is 0 Å². The maximum Gasteiger partial charge on any atom is 0.321 e. The Bertz CT molecular complexity index is 808. The molecule has 0 unspecified atom stereocenters. The molecule has 2 saturated heterocycles. The van der Waals surface area contributed by atoms with E-state index in [1.54, 1.807) is 11.8 Å². The lowest BCUT2D eigenvalue weighted by Crippen LogP contribution is -2.56. The summed E-state index contributed by atoms with van der Waals surface area (Å²) < 4.78 is 0. The second-order valence-electron chi connectivity index (χ2n) is 7.76. The zero-order valence-electron chi connectivity index (χ0n) is 17.1. The molecule has 1 N–H and O–H groups in total. The largest absolute Gasteiger partial charge is 0.369 e. The first-order valence-corrected chi connectivity index (χ1v) is 11.7. The molecule has 2 fully saturated rings. The van der Waals surface area contributed by atoms with E-state index in [9.17, 15) is 4.79 Å². The van der Waals surface area contributed by atoms with Crippen LogP contribution in [0.25, 0.3) is 0 Å². The van der Waals surface area contributed by atoms with Crippen molar-refractivity contribution in [3.8, 4) is 0 Å². The lowest BCUT2D eigenvalue weighted by Gasteiger charge is -2.43. The van der Waals surface area contributed by atoms with Gasteiger partial charge in [-0.15, -0.1) is 11.8 Å². The van der Waals surface area contributed by atoms with Gasteiger partial charge in [0, 0.05) is 61.6 Å². The molecule has 0 aliphatic carbocycles. The molecule has 0 saturated carbocycles. The Labute approximate surface area is 178 Å². The number of nitrogens with zero attached hydrogens (tertiary/aromatic N) is 3. The number of rotatable bonds is 4. The standard InChI is InChI=1S/C23H30N4OS/c1-29-22-11-5-7-19(17-22)24-23(28)27-12-6-10-21(18-27)26-15-13-25(14-16-26)20-8-3-2-4-9-20/h2-5,7-9,11,17,21H,6,10,12-16,18H2,1H3,(H,24,28)/t21-/m1/s1. The van der Waals surface area contributed by atoms with E-state index < -0.39 is 0 Å². The summed E-state index contributed by atoms with van der Waals surface area (Å²) in [7, 11) is 0. The molecule has 2 aliphatic rings. The molecule has 0 aromatic heterocycles. The number of amides is 2. The van der Waals surface area contributed by atoms with Gasteiger partial charge >= 0.3 is 6.03 Å². The average molecular weight is 411 g/mol. The molecule has 0 spiro atoms. The van der Waals surface area contributed by atoms with Crippen LogP contribution in [0.4, 0.5) is 16.2 Å². The van der Waals surface area contributed by atoms with Crippen LogP contribution < -0.4 is 10.2 Å². The van der Waals surface area contributed by atoms with Crippen LogP contribution >= 0.6 is 11.8 Å². The third-order valence-electron chi connectivity index (χ3n) is 5.96. The van der Waals surface area contributed by atoms with Crippen LogP contribution in [0.5, 0.6) is 0 Å². The van der Waals surface area contributed by atoms with E-state index in [0.29, 0.717) is 6.04 Å². The van der Waals surface area contributed by atoms with Gasteiger partial charge in [-0.2, -0.15) is 0 Å². The van der Waals surface area contributed by atoms with Crippen molar-refractivity contribution in [3.05, 3.63) is 54.6 Å². The second-order valence-corrected chi connectivity index (χ2v) is 8.64. The number of carbonyl (C=O) groups is 1. The van der Waals surface area contributed by atoms with Gasteiger partial charge in [0.25, 0.3) is 0 Å². The SMILES string of the molecule is CSc1cccc(NC(=O)N2CCC[C@@H](N3CCN(c4ccccc4)CC3)C2)c1. The molecule has 1 atom stereocenters. The van der Waals surface area contributed by atoms with Crippen LogP contribution in [0.15, 0.2) is 59.5 Å². The van der Waals surface area contributed by atoms with Gasteiger partial charge in [-0.3, -0.25) is 4.90 Å². The van der Waals surface area contributed by atoms with Crippen molar-refractivity contribution in [3.63, 3.8) is 0 Å². The molecular weight excluding hydrogens is 380 g/mol. The Morgan fingerprint density at radius 2 is 1.79 bits per heavy atom. The molecule has 0 radical (unpaired) electrons. The van der Waals surface area contributed by atoms with Gasteiger partial charge in [0.05, 0.1) is 0 Å². The highest BCUT2D eigenvalue weighted by molar-refractivity contribution is 7.98. The number of carbonyl (C=O) groups excluding carboxylic acids is 1. The first kappa shape index (κ1) is 20.1. The van der Waals surface area contributed by atoms with Crippen molar-refractivity contribution in [1.29, 1.82) is 0 Å². The van der Waals surface area contributed by atoms with E-state index in [2.05, 4.69) is 51.5 Å². The summed E-state index contributed by atoms with van der Waals surface area (Å²) in [5.74, 6) is 0. The van der Waals surface area contributed by atoms with Crippen LogP contribution in [-0.2, 0) is 0 Å². The molecule has 0 bridgehead atoms. The van der Waals surface area contributed by atoms with Crippen molar-refractivity contribution < 1.29 is 4.79 Å². The van der Waals surface area contributed by atoms with E-state index in [4.69, 9.17) is 0 Å². The number of benzene rings is 2. The van der Waals surface area contributed by atoms with Crippen molar-refractivity contribution in [2.24, 2.45) is 0 Å². The highest BCUT2D eigenvalue weighted by atomic mass is 32.2. The first-order chi connectivity index (χ1) is 14.2. The lowest BCUT2D eigenvalue weighted by atomic mass is 10.0. The summed E-state index contributed by atoms with van der Waals surface area (Å²) in [6.45, 7) is 5.88. The summed E-state index contributed by atoms with van der Waals surface area (Å²) in [5, 5.41) is 3.09. The first-order valence-electron chi connectivity index (χ1n) is 10.5. The number of urea groups is 1. The normalized spacial score (nSPS) is 20.5. The highest BCUT2D eigenvalue weighted by Gasteiger charge is 2.30. The molecule has 2 amide bonds. The summed E-state index contributed by atoms with van der Waals surface area (Å²) in [6.07, 6.45) is 4.30. The molecule has 2 aliphatic heterocycles. The number of thioether (sulfide) groups is 1. The zero-order valence-corrected chi connectivity index (χ0v) is 17.9. The van der Waals surface area contributed by atoms with Crippen molar-refractivity contribution in [2.45, 2.75) is 23.8 Å². The molecule has 2 heterocycles. The van der Waals surface area contributed by atoms with Crippen LogP contribution in [0.1, 0.15) is 12.8 Å². The van der Waals surface area contributed by atoms with Gasteiger partial charge in [-0.05, 0) is 49.4 Å². The zero-order chi connectivity index (χ0) is 20.1. The highest BCUT2D eigenvalue weighted by Crippen LogP contribution is 2.23. The number of piperazine rings is 1. The molecule has 6 heteroatoms. The van der Waals surface area contributed by atoms with Crippen LogP contribution in [0.3, 0.4) is 0 Å². The summed E-state index contributed by atoms with van der Waals surface area (Å²) >= 11 is 1.69. The Kier molecular flexibility index (Phi) is 6.62. The van der Waals surface area contributed by atoms with Crippen LogP contribution in [0, 0.1) is 0 Å². The van der Waals surface area contributed by atoms with Gasteiger partial charge < -0.3 is 15.1 Å². The van der Waals surface area contributed by atoms with Gasteiger partial charge in [0.2, 0.25) is 0 Å². The minimum Gasteiger partial charge on any atom is -0.369 e. The molecule has 4 rings (SSSR count). The van der Waals surface area contributed by atoms with Gasteiger partial charge in [0.15, 0.2) is 0 Å². The molecule has 154 valence electrons. The van der Waals surface area contributed by atoms with Gasteiger partial charge in [-0.1, -0.05) is 24.3 Å². The minimum absolute atomic E-state index is 0.0240. The minimum atomic E-state index is 0.0240. The van der Waals surface area contributed by atoms with E-state index in [1.165, 1.54) is 12.1 Å². The fourth-order valence-corrected chi connectivity index (χ4v) is 4.78. The van der Waals surface area contributed by atoms with E-state index >= 15 is 0 Å². The number of likely N-dealkylation sites (tertiary alicyclic amines) is 1. The molecule has 29 heavy (non-hydrogen) atoms. The summed E-state index contributed by atoms with van der Waals surface area (Å²) in [5.41, 5.74) is 2.18. The Morgan fingerprint density at radius 3 is 2.55 bits per heavy atom. The lowest BCUT2D eigenvalue weighted by molar-refractivity contribution is 0.108. The molecular formula is C23H30N4OS. The average Bonchev–Trinajstić information content (AvgIpc) is 2.80. The Morgan fingerprint density at radius 1 is 1.00 bits per heavy atom. The molecule has 5 nitrogen and oxygen atoms in total. The number of hydrogen-bond acceptors (Lipinski definition) is 4. The van der Waals surface area contributed by atoms with Crippen molar-refractivity contribution in [1.82, 2.24) is 9.80 Å². The summed E-state index contributed by atoms with van der Waals surface area (Å²) in [4.78, 5) is 21.0. The predicted octanol–water partition coefficient (Wildman–Crippen LogP) is 4.23. The number of nitrogens with one attached hydrogen (secondary N) is 1. The number of piperidine rings is 1. The van der Waals surface area contributed by atoms with Crippen molar-refractivity contribution >= 4 is 29.2 Å². The van der Waals surface area contributed by atoms with E-state index in [1.807, 2.05) is 29.4 Å². The maximum absolute atomic E-state index is 12.8. The Balaban J connectivity index is 1.31. The number of anilines is 2. The quantitative estimate of drug-likeness (QED) is 0.766. The van der Waals surface area contributed by atoms with Gasteiger partial charge in [-0.25, -0.2) is 4.79 Å². The van der Waals surface area contributed by atoms with E-state index in [0.717, 1.165) is 56.3 Å². The maximum atomic E-state index is 12.8. The predicted molar refractivity (Wildman–Crippen MR) is 122 cm³/mol. The smallest absolute Gasteiger partial charge is 0.321 e. The topological polar surface area (TPSA) is 38.8 Å². The van der Waals surface area contributed by atoms with Crippen LogP contribution in [-0.4, -0.2) is 67.4 Å². The third-order valence-corrected chi connectivity index (χ3v) is 6.68. The fourth-order valence-electron chi connectivity index (χ4n) is 4.32. The van der Waals surface area contributed by atoms with Crippen molar-refractivity contribution in [2.75, 3.05) is 55.7 Å².